The van der Waals surface area contributed by atoms with Crippen LogP contribution >= 0.6 is 0 Å². The number of aryl methyl sites for hydroxylation is 3. The van der Waals surface area contributed by atoms with Gasteiger partial charge in [0.2, 0.25) is 11.8 Å². The van der Waals surface area contributed by atoms with E-state index in [0.717, 1.165) is 36.0 Å². The molecule has 2 aromatic rings. The molecule has 162 valence electrons. The van der Waals surface area contributed by atoms with Crippen molar-refractivity contribution in [3.63, 3.8) is 0 Å². The highest BCUT2D eigenvalue weighted by Gasteiger charge is 2.26. The zero-order chi connectivity index (χ0) is 21.9. The van der Waals surface area contributed by atoms with Crippen molar-refractivity contribution in [3.05, 3.63) is 70.8 Å². The molecule has 0 radical (unpaired) electrons. The van der Waals surface area contributed by atoms with Gasteiger partial charge in [0, 0.05) is 19.5 Å². The first-order valence-electron chi connectivity index (χ1n) is 11.2. The maximum Gasteiger partial charge on any atom is 0.242 e. The van der Waals surface area contributed by atoms with E-state index in [4.69, 9.17) is 0 Å². The maximum atomic E-state index is 13.2. The summed E-state index contributed by atoms with van der Waals surface area (Å²) in [4.78, 5) is 27.6. The number of hydrogen-bond acceptors (Lipinski definition) is 2. The average molecular weight is 409 g/mol. The summed E-state index contributed by atoms with van der Waals surface area (Å²) in [5.41, 5.74) is 4.65. The van der Waals surface area contributed by atoms with Crippen LogP contribution in [0.1, 0.15) is 62.3 Å². The van der Waals surface area contributed by atoms with Crippen molar-refractivity contribution in [2.75, 3.05) is 6.54 Å². The predicted octanol–water partition coefficient (Wildman–Crippen LogP) is 4.82. The first-order chi connectivity index (χ1) is 14.5. The van der Waals surface area contributed by atoms with Gasteiger partial charge in [0.25, 0.3) is 0 Å². The molecule has 0 bridgehead atoms. The summed E-state index contributed by atoms with van der Waals surface area (Å²) in [5.74, 6) is -0.0753. The fourth-order valence-corrected chi connectivity index (χ4v) is 3.43. The Bertz CT molecular complexity index is 814. The molecule has 0 aromatic heterocycles. The number of carbonyl (C=O) groups is 2. The SMILES string of the molecule is CCCCNC(=O)C(C)N(Cc1ccccc1C)C(=O)CCc1ccc(CC)cc1. The largest absolute Gasteiger partial charge is 0.354 e. The molecule has 2 amide bonds. The van der Waals surface area contributed by atoms with E-state index in [1.165, 1.54) is 5.56 Å². The smallest absolute Gasteiger partial charge is 0.242 e. The number of nitrogens with zero attached hydrogens (tertiary/aromatic N) is 1. The molecule has 4 heteroatoms. The Morgan fingerprint density at radius 3 is 2.30 bits per heavy atom. The van der Waals surface area contributed by atoms with Crippen molar-refractivity contribution < 1.29 is 9.59 Å². The van der Waals surface area contributed by atoms with Gasteiger partial charge in [0.05, 0.1) is 0 Å². The van der Waals surface area contributed by atoms with Crippen LogP contribution in [0, 0.1) is 6.92 Å². The van der Waals surface area contributed by atoms with E-state index in [1.807, 2.05) is 38.1 Å². The molecule has 1 N–H and O–H groups in total. The van der Waals surface area contributed by atoms with Gasteiger partial charge in [-0.2, -0.15) is 0 Å². The molecule has 2 aromatic carbocycles. The Balaban J connectivity index is 2.10. The number of benzene rings is 2. The van der Waals surface area contributed by atoms with Crippen LogP contribution in [0.5, 0.6) is 0 Å². The van der Waals surface area contributed by atoms with Gasteiger partial charge in [-0.15, -0.1) is 0 Å². The third-order valence-corrected chi connectivity index (χ3v) is 5.66. The lowest BCUT2D eigenvalue weighted by Crippen LogP contribution is -2.48. The molecular formula is C26H36N2O2. The van der Waals surface area contributed by atoms with Crippen molar-refractivity contribution in [2.24, 2.45) is 0 Å². The highest BCUT2D eigenvalue weighted by molar-refractivity contribution is 5.87. The van der Waals surface area contributed by atoms with Gasteiger partial charge in [0.15, 0.2) is 0 Å². The average Bonchev–Trinajstić information content (AvgIpc) is 2.77. The lowest BCUT2D eigenvalue weighted by Gasteiger charge is -2.29. The Morgan fingerprint density at radius 1 is 1.00 bits per heavy atom. The predicted molar refractivity (Wildman–Crippen MR) is 123 cm³/mol. The fourth-order valence-electron chi connectivity index (χ4n) is 3.43. The van der Waals surface area contributed by atoms with E-state index in [2.05, 4.69) is 43.4 Å². The van der Waals surface area contributed by atoms with Crippen LogP contribution < -0.4 is 5.32 Å². The number of nitrogens with one attached hydrogen (secondary N) is 1. The summed E-state index contributed by atoms with van der Waals surface area (Å²) < 4.78 is 0. The highest BCUT2D eigenvalue weighted by atomic mass is 16.2. The van der Waals surface area contributed by atoms with Gasteiger partial charge < -0.3 is 10.2 Å². The molecule has 30 heavy (non-hydrogen) atoms. The standard InChI is InChI=1S/C26H36N2O2/c1-5-7-18-27-26(30)21(4)28(19-24-11-9-8-10-20(24)3)25(29)17-16-23-14-12-22(6-2)13-15-23/h8-15,21H,5-7,16-19H2,1-4H3,(H,27,30). The number of rotatable bonds is 11. The van der Waals surface area contributed by atoms with Crippen LogP contribution in [0.4, 0.5) is 0 Å². The maximum absolute atomic E-state index is 13.2. The normalized spacial score (nSPS) is 11.7. The molecular weight excluding hydrogens is 372 g/mol. The minimum atomic E-state index is -0.503. The summed E-state index contributed by atoms with van der Waals surface area (Å²) in [7, 11) is 0. The Hall–Kier alpha value is -2.62. The van der Waals surface area contributed by atoms with Crippen molar-refractivity contribution in [1.29, 1.82) is 0 Å². The van der Waals surface area contributed by atoms with Crippen LogP contribution in [0.3, 0.4) is 0 Å². The summed E-state index contributed by atoms with van der Waals surface area (Å²) in [6.07, 6.45) is 4.05. The molecule has 0 spiro atoms. The number of amides is 2. The summed E-state index contributed by atoms with van der Waals surface area (Å²) in [6, 6.07) is 16.0. The molecule has 4 nitrogen and oxygen atoms in total. The molecule has 0 aliphatic heterocycles. The first kappa shape index (κ1) is 23.7. The molecule has 1 atom stereocenters. The van der Waals surface area contributed by atoms with Crippen LogP contribution in [0.25, 0.3) is 0 Å². The van der Waals surface area contributed by atoms with Crippen molar-refractivity contribution in [1.82, 2.24) is 10.2 Å². The van der Waals surface area contributed by atoms with Gasteiger partial charge in [-0.25, -0.2) is 0 Å². The molecule has 0 saturated heterocycles. The molecule has 0 aliphatic rings. The minimum Gasteiger partial charge on any atom is -0.354 e. The second-order valence-corrected chi connectivity index (χ2v) is 7.94. The lowest BCUT2D eigenvalue weighted by atomic mass is 10.0. The van der Waals surface area contributed by atoms with Crippen LogP contribution in [-0.2, 0) is 29.0 Å². The van der Waals surface area contributed by atoms with Gasteiger partial charge >= 0.3 is 0 Å². The zero-order valence-electron chi connectivity index (χ0n) is 18.9. The Kier molecular flexibility index (Phi) is 9.59. The van der Waals surface area contributed by atoms with E-state index in [9.17, 15) is 9.59 Å². The van der Waals surface area contributed by atoms with E-state index in [0.29, 0.717) is 25.9 Å². The van der Waals surface area contributed by atoms with Gasteiger partial charge in [-0.3, -0.25) is 9.59 Å². The second-order valence-electron chi connectivity index (χ2n) is 7.94. The molecule has 1 unspecified atom stereocenters. The van der Waals surface area contributed by atoms with Crippen LogP contribution in [0.15, 0.2) is 48.5 Å². The fraction of sp³-hybridized carbons (Fsp3) is 0.462. The van der Waals surface area contributed by atoms with E-state index in [1.54, 1.807) is 4.90 Å². The third kappa shape index (κ3) is 7.01. The molecule has 0 heterocycles. The molecule has 0 saturated carbocycles. The minimum absolute atomic E-state index is 0.0102. The summed E-state index contributed by atoms with van der Waals surface area (Å²) in [6.45, 7) is 9.19. The molecule has 0 fully saturated rings. The van der Waals surface area contributed by atoms with Crippen LogP contribution in [0.2, 0.25) is 0 Å². The first-order valence-corrected chi connectivity index (χ1v) is 11.2. The summed E-state index contributed by atoms with van der Waals surface area (Å²) in [5, 5.41) is 2.97. The highest BCUT2D eigenvalue weighted by Crippen LogP contribution is 2.16. The van der Waals surface area contributed by atoms with E-state index >= 15 is 0 Å². The summed E-state index contributed by atoms with van der Waals surface area (Å²) >= 11 is 0. The van der Waals surface area contributed by atoms with Gasteiger partial charge in [0.1, 0.15) is 6.04 Å². The number of carbonyl (C=O) groups excluding carboxylic acids is 2. The Morgan fingerprint density at radius 2 is 1.67 bits per heavy atom. The van der Waals surface area contributed by atoms with Crippen molar-refractivity contribution in [2.45, 2.75) is 72.4 Å². The lowest BCUT2D eigenvalue weighted by molar-refractivity contribution is -0.140. The quantitative estimate of drug-likeness (QED) is 0.542. The Labute approximate surface area is 181 Å². The number of unbranched alkanes of at least 4 members (excludes halogenated alkanes) is 1. The monoisotopic (exact) mass is 408 g/mol. The van der Waals surface area contributed by atoms with Crippen LogP contribution in [-0.4, -0.2) is 29.3 Å². The van der Waals surface area contributed by atoms with E-state index in [-0.39, 0.29) is 11.8 Å². The second kappa shape index (κ2) is 12.2. The van der Waals surface area contributed by atoms with Crippen molar-refractivity contribution >= 4 is 11.8 Å². The zero-order valence-corrected chi connectivity index (χ0v) is 18.9. The van der Waals surface area contributed by atoms with E-state index < -0.39 is 6.04 Å². The topological polar surface area (TPSA) is 49.4 Å². The molecule has 0 aliphatic carbocycles. The van der Waals surface area contributed by atoms with Gasteiger partial charge in [-0.05, 0) is 55.4 Å². The van der Waals surface area contributed by atoms with Crippen molar-refractivity contribution in [3.8, 4) is 0 Å². The molecule has 2 rings (SSSR count). The third-order valence-electron chi connectivity index (χ3n) is 5.66. The van der Waals surface area contributed by atoms with Gasteiger partial charge in [-0.1, -0.05) is 68.8 Å². The number of hydrogen-bond donors (Lipinski definition) is 1.